The number of fused-ring (bicyclic) bond motifs is 1. The molecule has 0 spiro atoms. The summed E-state index contributed by atoms with van der Waals surface area (Å²) in [4.78, 5) is 0. The van der Waals surface area contributed by atoms with E-state index >= 15 is 0 Å². The lowest BCUT2D eigenvalue weighted by Gasteiger charge is -2.36. The highest BCUT2D eigenvalue weighted by Crippen LogP contribution is 2.36. The van der Waals surface area contributed by atoms with E-state index in [0.717, 1.165) is 23.1 Å². The number of rotatable bonds is 4. The number of hydrogen-bond donors (Lipinski definition) is 1. The second-order valence-corrected chi connectivity index (χ2v) is 11.6. The molecule has 20 heavy (non-hydrogen) atoms. The van der Waals surface area contributed by atoms with Crippen LogP contribution in [0.3, 0.4) is 0 Å². The van der Waals surface area contributed by atoms with Crippen molar-refractivity contribution in [3.05, 3.63) is 24.4 Å². The van der Waals surface area contributed by atoms with Crippen LogP contribution >= 0.6 is 0 Å². The zero-order valence-electron chi connectivity index (χ0n) is 13.1. The van der Waals surface area contributed by atoms with Crippen LogP contribution < -0.4 is 5.73 Å². The quantitative estimate of drug-likeness (QED) is 0.691. The lowest BCUT2D eigenvalue weighted by molar-refractivity contribution is 0.266. The van der Waals surface area contributed by atoms with E-state index in [1.54, 1.807) is 0 Å². The molecule has 0 saturated heterocycles. The fraction of sp³-hybridized carbons (Fsp3) is 0.533. The van der Waals surface area contributed by atoms with Gasteiger partial charge in [0, 0.05) is 17.3 Å². The largest absolute Gasteiger partial charge is 0.415 e. The molecule has 1 aromatic heterocycles. The van der Waals surface area contributed by atoms with Crippen LogP contribution in [0.15, 0.2) is 24.4 Å². The Kier molecular flexibility index (Phi) is 3.93. The Balaban J connectivity index is 2.00. The normalized spacial score (nSPS) is 13.1. The molecule has 4 nitrogen and oxygen atoms in total. The van der Waals surface area contributed by atoms with Gasteiger partial charge < -0.3 is 10.2 Å². The van der Waals surface area contributed by atoms with E-state index in [-0.39, 0.29) is 5.04 Å². The summed E-state index contributed by atoms with van der Waals surface area (Å²) in [5, 5.41) is 5.86. The first-order chi connectivity index (χ1) is 9.19. The predicted octanol–water partition coefficient (Wildman–Crippen LogP) is 3.64. The Bertz CT molecular complexity index is 599. The molecular weight excluding hydrogens is 266 g/mol. The third-order valence-electron chi connectivity index (χ3n) is 4.17. The molecule has 2 N–H and O–H groups in total. The fourth-order valence-electron chi connectivity index (χ4n) is 1.82. The van der Waals surface area contributed by atoms with Crippen molar-refractivity contribution in [2.45, 2.75) is 45.4 Å². The van der Waals surface area contributed by atoms with Crippen LogP contribution in [0.1, 0.15) is 20.8 Å². The molecule has 1 heterocycles. The summed E-state index contributed by atoms with van der Waals surface area (Å²) >= 11 is 0. The van der Waals surface area contributed by atoms with Gasteiger partial charge in [-0.1, -0.05) is 20.8 Å². The maximum atomic E-state index is 6.17. The van der Waals surface area contributed by atoms with E-state index < -0.39 is 8.32 Å². The van der Waals surface area contributed by atoms with Crippen LogP contribution in [0.2, 0.25) is 18.1 Å². The molecule has 0 unspecified atom stereocenters. The van der Waals surface area contributed by atoms with Crippen LogP contribution in [0.4, 0.5) is 5.69 Å². The van der Waals surface area contributed by atoms with E-state index in [1.165, 1.54) is 0 Å². The lowest BCUT2D eigenvalue weighted by atomic mass is 10.2. The van der Waals surface area contributed by atoms with Gasteiger partial charge in [0.1, 0.15) is 0 Å². The third kappa shape index (κ3) is 3.22. The zero-order valence-corrected chi connectivity index (χ0v) is 14.1. The van der Waals surface area contributed by atoms with E-state index in [1.807, 2.05) is 29.1 Å². The Morgan fingerprint density at radius 1 is 1.30 bits per heavy atom. The molecule has 2 rings (SSSR count). The number of anilines is 1. The van der Waals surface area contributed by atoms with Gasteiger partial charge in [0.05, 0.1) is 18.7 Å². The van der Waals surface area contributed by atoms with Gasteiger partial charge in [-0.3, -0.25) is 4.68 Å². The van der Waals surface area contributed by atoms with Crippen LogP contribution in [0, 0.1) is 0 Å². The van der Waals surface area contributed by atoms with Crippen molar-refractivity contribution in [3.8, 4) is 0 Å². The van der Waals surface area contributed by atoms with Crippen molar-refractivity contribution in [1.29, 1.82) is 0 Å². The summed E-state index contributed by atoms with van der Waals surface area (Å²) in [5.41, 5.74) is 7.53. The minimum absolute atomic E-state index is 0.246. The predicted molar refractivity (Wildman–Crippen MR) is 87.3 cm³/mol. The highest BCUT2D eigenvalue weighted by Gasteiger charge is 2.36. The number of hydrogen-bond acceptors (Lipinski definition) is 3. The summed E-state index contributed by atoms with van der Waals surface area (Å²) in [6, 6.07) is 5.79. The number of nitrogen functional groups attached to an aromatic ring is 1. The second-order valence-electron chi connectivity index (χ2n) is 6.82. The minimum atomic E-state index is -1.67. The summed E-state index contributed by atoms with van der Waals surface area (Å²) < 4.78 is 8.11. The first-order valence-electron chi connectivity index (χ1n) is 7.06. The fourth-order valence-corrected chi connectivity index (χ4v) is 2.86. The van der Waals surface area contributed by atoms with Crippen molar-refractivity contribution >= 4 is 24.9 Å². The topological polar surface area (TPSA) is 53.1 Å². The van der Waals surface area contributed by atoms with Gasteiger partial charge in [-0.25, -0.2) is 0 Å². The van der Waals surface area contributed by atoms with Gasteiger partial charge in [-0.05, 0) is 36.3 Å². The second kappa shape index (κ2) is 5.22. The molecule has 0 atom stereocenters. The standard InChI is InChI=1S/C15H25N3OSi/c1-15(2,3)20(4,5)19-9-8-18-11-12-10-13(16)6-7-14(12)17-18/h6-7,10-11H,8-9,16H2,1-5H3. The maximum Gasteiger partial charge on any atom is 0.192 e. The Hall–Kier alpha value is -1.33. The highest BCUT2D eigenvalue weighted by molar-refractivity contribution is 6.74. The third-order valence-corrected chi connectivity index (χ3v) is 8.70. The molecule has 1 aromatic carbocycles. The van der Waals surface area contributed by atoms with E-state index in [9.17, 15) is 0 Å². The molecule has 0 aliphatic rings. The van der Waals surface area contributed by atoms with Crippen LogP contribution in [-0.2, 0) is 11.0 Å². The van der Waals surface area contributed by atoms with Crippen molar-refractivity contribution in [2.75, 3.05) is 12.3 Å². The molecule has 0 saturated carbocycles. The molecule has 110 valence electrons. The Morgan fingerprint density at radius 2 is 2.00 bits per heavy atom. The summed E-state index contributed by atoms with van der Waals surface area (Å²) in [6.07, 6.45) is 2.03. The van der Waals surface area contributed by atoms with Crippen LogP contribution in [0.5, 0.6) is 0 Å². The first-order valence-corrected chi connectivity index (χ1v) is 9.96. The zero-order chi connectivity index (χ0) is 15.0. The smallest absolute Gasteiger partial charge is 0.192 e. The number of aromatic nitrogens is 2. The number of nitrogens with two attached hydrogens (primary N) is 1. The number of nitrogens with zero attached hydrogens (tertiary/aromatic N) is 2. The molecule has 2 aromatic rings. The molecule has 0 radical (unpaired) electrons. The Labute approximate surface area is 122 Å². The molecule has 0 bridgehead atoms. The summed E-state index contributed by atoms with van der Waals surface area (Å²) in [6.45, 7) is 12.8. The van der Waals surface area contributed by atoms with Gasteiger partial charge in [0.15, 0.2) is 8.32 Å². The van der Waals surface area contributed by atoms with E-state index in [4.69, 9.17) is 10.2 Å². The van der Waals surface area contributed by atoms with Crippen molar-refractivity contribution in [2.24, 2.45) is 0 Å². The molecule has 0 fully saturated rings. The molecule has 0 aliphatic heterocycles. The van der Waals surface area contributed by atoms with Gasteiger partial charge in [0.2, 0.25) is 0 Å². The first kappa shape index (κ1) is 15.1. The van der Waals surface area contributed by atoms with Gasteiger partial charge >= 0.3 is 0 Å². The molecular formula is C15H25N3OSi. The van der Waals surface area contributed by atoms with E-state index in [0.29, 0.717) is 6.61 Å². The van der Waals surface area contributed by atoms with Crippen molar-refractivity contribution in [1.82, 2.24) is 9.78 Å². The highest BCUT2D eigenvalue weighted by atomic mass is 28.4. The molecule has 0 aliphatic carbocycles. The average Bonchev–Trinajstić information content (AvgIpc) is 2.68. The monoisotopic (exact) mass is 291 g/mol. The van der Waals surface area contributed by atoms with Gasteiger partial charge in [-0.15, -0.1) is 0 Å². The van der Waals surface area contributed by atoms with Gasteiger partial charge in [-0.2, -0.15) is 5.10 Å². The lowest BCUT2D eigenvalue weighted by Crippen LogP contribution is -2.41. The van der Waals surface area contributed by atoms with Crippen molar-refractivity contribution in [3.63, 3.8) is 0 Å². The van der Waals surface area contributed by atoms with E-state index in [2.05, 4.69) is 39.0 Å². The minimum Gasteiger partial charge on any atom is -0.415 e. The molecule has 5 heteroatoms. The summed E-state index contributed by atoms with van der Waals surface area (Å²) in [5.74, 6) is 0. The summed E-state index contributed by atoms with van der Waals surface area (Å²) in [7, 11) is -1.67. The van der Waals surface area contributed by atoms with Crippen LogP contribution in [0.25, 0.3) is 10.9 Å². The maximum absolute atomic E-state index is 6.17. The average molecular weight is 291 g/mol. The van der Waals surface area contributed by atoms with Crippen LogP contribution in [-0.4, -0.2) is 24.7 Å². The SMILES string of the molecule is CC(C)(C)[Si](C)(C)OCCn1cc2cc(N)ccc2n1. The number of benzene rings is 1. The molecule has 0 amide bonds. The van der Waals surface area contributed by atoms with Crippen molar-refractivity contribution < 1.29 is 4.43 Å². The Morgan fingerprint density at radius 3 is 2.65 bits per heavy atom. The van der Waals surface area contributed by atoms with Gasteiger partial charge in [0.25, 0.3) is 0 Å².